The number of thiazole rings is 1. The Bertz CT molecular complexity index is 2050. The fraction of sp³-hybridized carbons (Fsp3) is 0.216. The molecular formula is C37H32N2O6S. The maximum atomic E-state index is 13.9. The second-order valence-electron chi connectivity index (χ2n) is 11.7. The molecule has 5 aromatic rings. The van der Waals surface area contributed by atoms with E-state index in [1.54, 1.807) is 30.3 Å². The summed E-state index contributed by atoms with van der Waals surface area (Å²) in [6.45, 7) is 6.29. The predicted octanol–water partition coefficient (Wildman–Crippen LogP) is 7.45. The van der Waals surface area contributed by atoms with Crippen molar-refractivity contribution in [3.05, 3.63) is 118 Å². The second kappa shape index (κ2) is 11.7. The van der Waals surface area contributed by atoms with Gasteiger partial charge in [0.15, 0.2) is 16.6 Å². The number of fused-ring (bicyclic) bond motifs is 2. The Hall–Kier alpha value is -5.15. The first-order chi connectivity index (χ1) is 22.2. The molecule has 232 valence electrons. The Morgan fingerprint density at radius 2 is 1.83 bits per heavy atom. The standard InChI is InChI=1S/C37H32N2O6S/c1-20-14-21(2)32-30(15-20)46-37(38-32)39-33(24-10-13-28(29(18-24)43-4)44-19-23-8-6-5-7-9-23)31(35(41)36(39)42)34(40)25-11-12-27-26(17-25)16-22(3)45-27/h5-15,17-18,22,33,40H,16,19H2,1-4H3/t22-,33-/m1/s1. The van der Waals surface area contributed by atoms with E-state index >= 15 is 0 Å². The van der Waals surface area contributed by atoms with E-state index in [1.807, 2.05) is 69.3 Å². The lowest BCUT2D eigenvalue weighted by Crippen LogP contribution is -2.29. The average molecular weight is 633 g/mol. The van der Waals surface area contributed by atoms with Crippen LogP contribution in [0.4, 0.5) is 5.13 Å². The number of rotatable bonds is 7. The van der Waals surface area contributed by atoms with Gasteiger partial charge in [0.25, 0.3) is 5.78 Å². The van der Waals surface area contributed by atoms with E-state index in [1.165, 1.54) is 23.3 Å². The lowest BCUT2D eigenvalue weighted by atomic mass is 9.94. The molecule has 0 spiro atoms. The number of Topliss-reactive ketones (excluding diaryl/α,β-unsaturated/α-hetero) is 1. The summed E-state index contributed by atoms with van der Waals surface area (Å²) in [5, 5.41) is 12.1. The van der Waals surface area contributed by atoms with Crippen LogP contribution >= 0.6 is 11.3 Å². The van der Waals surface area contributed by atoms with Gasteiger partial charge in [-0.05, 0) is 85.0 Å². The van der Waals surface area contributed by atoms with E-state index in [0.717, 1.165) is 38.2 Å². The predicted molar refractivity (Wildman–Crippen MR) is 178 cm³/mol. The molecule has 1 N–H and O–H groups in total. The SMILES string of the molecule is COc1cc([C@@H]2C(=C(O)c3ccc4c(c3)C[C@@H](C)O4)C(=O)C(=O)N2c2nc3c(C)cc(C)cc3s2)ccc1OCc1ccccc1. The Labute approximate surface area is 270 Å². The van der Waals surface area contributed by atoms with Gasteiger partial charge < -0.3 is 19.3 Å². The van der Waals surface area contributed by atoms with Crippen molar-refractivity contribution in [1.29, 1.82) is 0 Å². The van der Waals surface area contributed by atoms with Gasteiger partial charge in [0.1, 0.15) is 24.2 Å². The zero-order chi connectivity index (χ0) is 32.1. The third kappa shape index (κ3) is 5.16. The Morgan fingerprint density at radius 3 is 2.61 bits per heavy atom. The minimum Gasteiger partial charge on any atom is -0.507 e. The quantitative estimate of drug-likeness (QED) is 0.113. The molecule has 0 radical (unpaired) electrons. The van der Waals surface area contributed by atoms with Crippen LogP contribution in [0.3, 0.4) is 0 Å². The fourth-order valence-corrected chi connectivity index (χ4v) is 7.41. The van der Waals surface area contributed by atoms with Crippen LogP contribution in [-0.2, 0) is 22.6 Å². The van der Waals surface area contributed by atoms with E-state index in [-0.39, 0.29) is 17.4 Å². The van der Waals surface area contributed by atoms with Crippen molar-refractivity contribution < 1.29 is 28.9 Å². The van der Waals surface area contributed by atoms with Crippen molar-refractivity contribution in [3.63, 3.8) is 0 Å². The van der Waals surface area contributed by atoms with Gasteiger partial charge in [0.05, 0.1) is 28.9 Å². The van der Waals surface area contributed by atoms with E-state index in [9.17, 15) is 14.7 Å². The van der Waals surface area contributed by atoms with Crippen LogP contribution in [0.1, 0.15) is 46.3 Å². The molecule has 2 aliphatic heterocycles. The van der Waals surface area contributed by atoms with Crippen LogP contribution in [0.5, 0.6) is 17.2 Å². The number of aliphatic hydroxyl groups excluding tert-OH is 1. The van der Waals surface area contributed by atoms with Crippen LogP contribution in [0.25, 0.3) is 16.0 Å². The highest BCUT2D eigenvalue weighted by Crippen LogP contribution is 2.46. The fourth-order valence-electron chi connectivity index (χ4n) is 6.24. The number of aliphatic hydroxyl groups is 1. The van der Waals surface area contributed by atoms with Crippen LogP contribution in [0, 0.1) is 13.8 Å². The van der Waals surface area contributed by atoms with Gasteiger partial charge in [-0.25, -0.2) is 4.98 Å². The number of anilines is 1. The molecule has 0 aliphatic carbocycles. The Balaban J connectivity index is 1.36. The lowest BCUT2D eigenvalue weighted by Gasteiger charge is -2.24. The topological polar surface area (TPSA) is 98.2 Å². The number of aryl methyl sites for hydroxylation is 2. The number of aromatic nitrogens is 1. The number of hydrogen-bond acceptors (Lipinski definition) is 8. The minimum absolute atomic E-state index is 0.0131. The monoisotopic (exact) mass is 632 g/mol. The zero-order valence-electron chi connectivity index (χ0n) is 25.9. The summed E-state index contributed by atoms with van der Waals surface area (Å²) in [6, 6.07) is 23.5. The van der Waals surface area contributed by atoms with Crippen molar-refractivity contribution in [2.75, 3.05) is 12.0 Å². The molecule has 0 bridgehead atoms. The summed E-state index contributed by atoms with van der Waals surface area (Å²) in [6.07, 6.45) is 0.694. The number of amides is 1. The highest BCUT2D eigenvalue weighted by Gasteiger charge is 2.48. The van der Waals surface area contributed by atoms with Crippen LogP contribution in [0.2, 0.25) is 0 Å². The molecule has 8 nitrogen and oxygen atoms in total. The smallest absolute Gasteiger partial charge is 0.301 e. The normalized spacial score (nSPS) is 18.6. The average Bonchev–Trinajstić information content (AvgIpc) is 3.72. The second-order valence-corrected chi connectivity index (χ2v) is 12.7. The molecule has 1 aromatic heterocycles. The molecule has 7 rings (SSSR count). The van der Waals surface area contributed by atoms with Crippen LogP contribution in [0.15, 0.2) is 84.4 Å². The van der Waals surface area contributed by atoms with Crippen molar-refractivity contribution in [3.8, 4) is 17.2 Å². The van der Waals surface area contributed by atoms with Crippen LogP contribution in [-0.4, -0.2) is 35.0 Å². The van der Waals surface area contributed by atoms with Crippen molar-refractivity contribution >= 4 is 44.1 Å². The number of methoxy groups -OCH3 is 1. The summed E-state index contributed by atoms with van der Waals surface area (Å²) in [5.74, 6) is -0.129. The maximum Gasteiger partial charge on any atom is 0.301 e. The maximum absolute atomic E-state index is 13.9. The van der Waals surface area contributed by atoms with Gasteiger partial charge in [0, 0.05) is 12.0 Å². The summed E-state index contributed by atoms with van der Waals surface area (Å²) >= 11 is 1.34. The first kappa shape index (κ1) is 29.6. The van der Waals surface area contributed by atoms with Gasteiger partial charge in [-0.15, -0.1) is 0 Å². The molecule has 2 aliphatic rings. The van der Waals surface area contributed by atoms with E-state index < -0.39 is 17.7 Å². The molecule has 1 saturated heterocycles. The van der Waals surface area contributed by atoms with Gasteiger partial charge in [-0.3, -0.25) is 14.5 Å². The molecule has 3 heterocycles. The number of carbonyl (C=O) groups excluding carboxylic acids is 2. The molecule has 1 amide bonds. The molecular weight excluding hydrogens is 600 g/mol. The van der Waals surface area contributed by atoms with E-state index in [0.29, 0.717) is 40.8 Å². The first-order valence-corrected chi connectivity index (χ1v) is 15.9. The van der Waals surface area contributed by atoms with E-state index in [2.05, 4.69) is 0 Å². The summed E-state index contributed by atoms with van der Waals surface area (Å²) in [7, 11) is 1.54. The number of ether oxygens (including phenoxy) is 3. The molecule has 46 heavy (non-hydrogen) atoms. The summed E-state index contributed by atoms with van der Waals surface area (Å²) in [4.78, 5) is 34.0. The Kier molecular flexibility index (Phi) is 7.49. The molecule has 0 saturated carbocycles. The number of carbonyl (C=O) groups is 2. The minimum atomic E-state index is -0.970. The summed E-state index contributed by atoms with van der Waals surface area (Å²) in [5.41, 5.74) is 5.72. The Morgan fingerprint density at radius 1 is 1.02 bits per heavy atom. The number of hydrogen-bond donors (Lipinski definition) is 1. The summed E-state index contributed by atoms with van der Waals surface area (Å²) < 4.78 is 18.6. The molecule has 0 unspecified atom stereocenters. The highest BCUT2D eigenvalue weighted by molar-refractivity contribution is 7.22. The largest absolute Gasteiger partial charge is 0.507 e. The number of benzene rings is 4. The zero-order valence-corrected chi connectivity index (χ0v) is 26.7. The van der Waals surface area contributed by atoms with Gasteiger partial charge in [0.2, 0.25) is 0 Å². The van der Waals surface area contributed by atoms with Crippen molar-refractivity contribution in [2.45, 2.75) is 45.9 Å². The van der Waals surface area contributed by atoms with Gasteiger partial charge in [-0.2, -0.15) is 0 Å². The molecule has 1 fully saturated rings. The highest BCUT2D eigenvalue weighted by atomic mass is 32.1. The van der Waals surface area contributed by atoms with Gasteiger partial charge >= 0.3 is 5.91 Å². The third-order valence-corrected chi connectivity index (χ3v) is 9.38. The van der Waals surface area contributed by atoms with Crippen LogP contribution < -0.4 is 19.1 Å². The van der Waals surface area contributed by atoms with Crippen molar-refractivity contribution in [1.82, 2.24) is 4.98 Å². The molecule has 2 atom stereocenters. The number of ketones is 1. The van der Waals surface area contributed by atoms with E-state index in [4.69, 9.17) is 19.2 Å². The van der Waals surface area contributed by atoms with Gasteiger partial charge in [-0.1, -0.05) is 53.8 Å². The lowest BCUT2D eigenvalue weighted by molar-refractivity contribution is -0.132. The number of nitrogens with zero attached hydrogens (tertiary/aromatic N) is 2. The molecule has 4 aromatic carbocycles. The van der Waals surface area contributed by atoms with Crippen molar-refractivity contribution in [2.24, 2.45) is 0 Å². The first-order valence-electron chi connectivity index (χ1n) is 15.0. The third-order valence-electron chi connectivity index (χ3n) is 8.38. The molecule has 9 heteroatoms.